The van der Waals surface area contributed by atoms with Crippen molar-refractivity contribution in [2.24, 2.45) is 17.3 Å². The topological polar surface area (TPSA) is 95.0 Å². The summed E-state index contributed by atoms with van der Waals surface area (Å²) in [5.41, 5.74) is 1.75. The van der Waals surface area contributed by atoms with E-state index in [1.54, 1.807) is 66.7 Å². The number of aliphatic hydroxyl groups excluding tert-OH is 1. The van der Waals surface area contributed by atoms with E-state index >= 15 is 0 Å². The predicted octanol–water partition coefficient (Wildman–Crippen LogP) is 3.86. The summed E-state index contributed by atoms with van der Waals surface area (Å²) < 4.78 is 28.7. The van der Waals surface area contributed by atoms with E-state index in [0.717, 1.165) is 5.56 Å². The van der Waals surface area contributed by atoms with Gasteiger partial charge in [-0.15, -0.1) is 0 Å². The molecular formula is C30H28N2O5S. The molecule has 3 aromatic rings. The van der Waals surface area contributed by atoms with Gasteiger partial charge in [-0.05, 0) is 48.7 Å². The van der Waals surface area contributed by atoms with Crippen LogP contribution in [0.1, 0.15) is 23.7 Å². The summed E-state index contributed by atoms with van der Waals surface area (Å²) in [4.78, 5) is 28.5. The number of aryl methyl sites for hydroxylation is 1. The SMILES string of the molecule is Cc1ccc(S(=O)(=O)N2CC3=C[C@@H]4C(=O)N(c5ccccc5)C(=O)[C@@H]4C[C@@]3([C@@H](O)c3ccccc3)C2)cc1. The van der Waals surface area contributed by atoms with Crippen LogP contribution in [0, 0.1) is 24.2 Å². The molecule has 4 atom stereocenters. The van der Waals surface area contributed by atoms with Crippen molar-refractivity contribution in [1.82, 2.24) is 4.31 Å². The molecule has 2 aliphatic heterocycles. The maximum absolute atomic E-state index is 13.7. The third-order valence-corrected chi connectivity index (χ3v) is 10.0. The zero-order valence-corrected chi connectivity index (χ0v) is 21.7. The lowest BCUT2D eigenvalue weighted by atomic mass is 9.63. The highest BCUT2D eigenvalue weighted by molar-refractivity contribution is 7.89. The van der Waals surface area contributed by atoms with Crippen molar-refractivity contribution in [3.63, 3.8) is 0 Å². The van der Waals surface area contributed by atoms with Crippen LogP contribution in [0.25, 0.3) is 0 Å². The Kier molecular flexibility index (Phi) is 5.86. The lowest BCUT2D eigenvalue weighted by Gasteiger charge is -2.41. The first-order valence-corrected chi connectivity index (χ1v) is 14.1. The molecule has 38 heavy (non-hydrogen) atoms. The molecule has 0 spiro atoms. The van der Waals surface area contributed by atoms with Gasteiger partial charge in [-0.25, -0.2) is 13.3 Å². The number of imide groups is 1. The van der Waals surface area contributed by atoms with Crippen LogP contribution in [0.4, 0.5) is 5.69 Å². The number of hydrogen-bond donors (Lipinski definition) is 1. The lowest BCUT2D eigenvalue weighted by Crippen LogP contribution is -2.41. The molecule has 7 nitrogen and oxygen atoms in total. The van der Waals surface area contributed by atoms with Crippen LogP contribution in [0.15, 0.2) is 101 Å². The Labute approximate surface area is 222 Å². The number of hydrogen-bond acceptors (Lipinski definition) is 5. The summed E-state index contributed by atoms with van der Waals surface area (Å²) in [6.45, 7) is 1.96. The molecule has 2 heterocycles. The Bertz CT molecular complexity index is 1540. The number of benzene rings is 3. The molecule has 0 unspecified atom stereocenters. The van der Waals surface area contributed by atoms with Gasteiger partial charge in [0.2, 0.25) is 21.8 Å². The summed E-state index contributed by atoms with van der Waals surface area (Å²) in [7, 11) is -3.87. The van der Waals surface area contributed by atoms with E-state index in [1.807, 2.05) is 31.2 Å². The second kappa shape index (κ2) is 9.01. The molecule has 1 N–H and O–H groups in total. The van der Waals surface area contributed by atoms with Gasteiger partial charge in [0.05, 0.1) is 28.5 Å². The van der Waals surface area contributed by atoms with Gasteiger partial charge >= 0.3 is 0 Å². The standard InChI is InChI=1S/C30H28N2O5S/c1-20-12-14-24(15-13-20)38(36,37)31-18-22-16-25-26(29(35)32(28(25)34)23-10-6-3-7-11-23)17-30(22,19-31)27(33)21-8-4-2-5-9-21/h2-16,25-27,33H,17-19H2,1H3/t25-,26+,27-,30+/m0/s1. The predicted molar refractivity (Wildman–Crippen MR) is 142 cm³/mol. The van der Waals surface area contributed by atoms with Gasteiger partial charge in [-0.3, -0.25) is 9.59 Å². The van der Waals surface area contributed by atoms with E-state index < -0.39 is 33.4 Å². The lowest BCUT2D eigenvalue weighted by molar-refractivity contribution is -0.123. The monoisotopic (exact) mass is 528 g/mol. The van der Waals surface area contributed by atoms with Gasteiger partial charge in [0.15, 0.2) is 0 Å². The van der Waals surface area contributed by atoms with Gasteiger partial charge in [0.1, 0.15) is 0 Å². The number of carbonyl (C=O) groups excluding carboxylic acids is 2. The molecule has 2 saturated heterocycles. The zero-order chi connectivity index (χ0) is 26.7. The molecule has 2 amide bonds. The highest BCUT2D eigenvalue weighted by Gasteiger charge is 2.60. The highest BCUT2D eigenvalue weighted by atomic mass is 32.2. The number of nitrogens with zero attached hydrogens (tertiary/aromatic N) is 2. The first-order chi connectivity index (χ1) is 18.2. The van der Waals surface area contributed by atoms with E-state index in [-0.39, 0.29) is 36.2 Å². The van der Waals surface area contributed by atoms with E-state index in [4.69, 9.17) is 0 Å². The van der Waals surface area contributed by atoms with Crippen molar-refractivity contribution >= 4 is 27.5 Å². The number of carbonyl (C=O) groups is 2. The number of para-hydroxylation sites is 1. The molecule has 0 bridgehead atoms. The summed E-state index contributed by atoms with van der Waals surface area (Å²) >= 11 is 0. The minimum atomic E-state index is -3.87. The van der Waals surface area contributed by atoms with Crippen LogP contribution in [-0.2, 0) is 19.6 Å². The minimum absolute atomic E-state index is 0.0150. The zero-order valence-electron chi connectivity index (χ0n) is 20.9. The van der Waals surface area contributed by atoms with Crippen LogP contribution < -0.4 is 4.90 Å². The smallest absolute Gasteiger partial charge is 0.243 e. The number of anilines is 1. The van der Waals surface area contributed by atoms with Gasteiger partial charge in [-0.1, -0.05) is 72.3 Å². The molecule has 2 fully saturated rings. The molecule has 1 aliphatic carbocycles. The second-order valence-electron chi connectivity index (χ2n) is 10.4. The van der Waals surface area contributed by atoms with Crippen LogP contribution in [-0.4, -0.2) is 42.7 Å². The van der Waals surface area contributed by atoms with Crippen molar-refractivity contribution in [2.45, 2.75) is 24.3 Å². The summed E-state index contributed by atoms with van der Waals surface area (Å²) in [6, 6.07) is 24.6. The van der Waals surface area contributed by atoms with Crippen molar-refractivity contribution < 1.29 is 23.1 Å². The number of rotatable bonds is 5. The fraction of sp³-hybridized carbons (Fsp3) is 0.267. The average Bonchev–Trinajstić information content (AvgIpc) is 3.44. The molecule has 3 aliphatic rings. The third-order valence-electron chi connectivity index (χ3n) is 8.20. The molecule has 0 aromatic heterocycles. The van der Waals surface area contributed by atoms with Crippen molar-refractivity contribution in [1.29, 1.82) is 0 Å². The summed E-state index contributed by atoms with van der Waals surface area (Å²) in [5.74, 6) is -2.02. The molecule has 3 aromatic carbocycles. The summed E-state index contributed by atoms with van der Waals surface area (Å²) in [6.07, 6.45) is 0.879. The van der Waals surface area contributed by atoms with Gasteiger partial charge in [0, 0.05) is 18.5 Å². The third kappa shape index (κ3) is 3.74. The van der Waals surface area contributed by atoms with Crippen LogP contribution >= 0.6 is 0 Å². The summed E-state index contributed by atoms with van der Waals surface area (Å²) in [5, 5.41) is 11.8. The first kappa shape index (κ1) is 24.7. The maximum Gasteiger partial charge on any atom is 0.243 e. The van der Waals surface area contributed by atoms with Crippen molar-refractivity contribution in [3.8, 4) is 0 Å². The largest absolute Gasteiger partial charge is 0.387 e. The Balaban J connectivity index is 1.43. The van der Waals surface area contributed by atoms with Crippen molar-refractivity contribution in [2.75, 3.05) is 18.0 Å². The molecule has 8 heteroatoms. The fourth-order valence-corrected chi connectivity index (χ4v) is 7.67. The number of amides is 2. The Morgan fingerprint density at radius 2 is 1.53 bits per heavy atom. The minimum Gasteiger partial charge on any atom is -0.387 e. The van der Waals surface area contributed by atoms with Gasteiger partial charge < -0.3 is 5.11 Å². The van der Waals surface area contributed by atoms with E-state index in [0.29, 0.717) is 16.8 Å². The Morgan fingerprint density at radius 3 is 2.18 bits per heavy atom. The Hall–Kier alpha value is -3.59. The first-order valence-electron chi connectivity index (χ1n) is 12.7. The number of sulfonamides is 1. The Morgan fingerprint density at radius 1 is 0.895 bits per heavy atom. The van der Waals surface area contributed by atoms with Gasteiger partial charge in [-0.2, -0.15) is 4.31 Å². The number of aliphatic hydroxyl groups is 1. The van der Waals surface area contributed by atoms with E-state index in [1.165, 1.54) is 9.21 Å². The molecule has 0 radical (unpaired) electrons. The average molecular weight is 529 g/mol. The highest BCUT2D eigenvalue weighted by Crippen LogP contribution is 2.57. The fourth-order valence-electron chi connectivity index (χ4n) is 6.18. The molecular weight excluding hydrogens is 500 g/mol. The molecule has 194 valence electrons. The van der Waals surface area contributed by atoms with Gasteiger partial charge in [0.25, 0.3) is 0 Å². The van der Waals surface area contributed by atoms with E-state index in [2.05, 4.69) is 0 Å². The molecule has 0 saturated carbocycles. The maximum atomic E-state index is 13.7. The molecule has 6 rings (SSSR count). The van der Waals surface area contributed by atoms with Crippen LogP contribution in [0.3, 0.4) is 0 Å². The number of fused-ring (bicyclic) bond motifs is 2. The van der Waals surface area contributed by atoms with Crippen LogP contribution in [0.5, 0.6) is 0 Å². The normalized spacial score (nSPS) is 26.2. The van der Waals surface area contributed by atoms with E-state index in [9.17, 15) is 23.1 Å². The second-order valence-corrected chi connectivity index (χ2v) is 12.4. The quantitative estimate of drug-likeness (QED) is 0.401. The van der Waals surface area contributed by atoms with Crippen molar-refractivity contribution in [3.05, 3.63) is 108 Å². The van der Waals surface area contributed by atoms with Crippen LogP contribution in [0.2, 0.25) is 0 Å².